The number of aliphatic hydroxyl groups is 2. The minimum atomic E-state index is -1.86. The average molecular weight is 638 g/mol. The molecule has 242 valence electrons. The first-order chi connectivity index (χ1) is 23.2. The Morgan fingerprint density at radius 3 is 2.10 bits per heavy atom. The predicted octanol–water partition coefficient (Wildman–Crippen LogP) is 7.74. The van der Waals surface area contributed by atoms with Crippen molar-refractivity contribution in [2.24, 2.45) is 5.92 Å². The molecule has 1 saturated carbocycles. The number of fused-ring (bicyclic) bond motifs is 3. The molecule has 1 aliphatic rings. The van der Waals surface area contributed by atoms with E-state index >= 15 is 4.79 Å². The number of carbonyl (C=O) groups is 2. The quantitative estimate of drug-likeness (QED) is 0.157. The van der Waals surface area contributed by atoms with E-state index in [2.05, 4.69) is 33.6 Å². The number of hydrogen-bond donors (Lipinski definition) is 2. The molecule has 3 heterocycles. The molecule has 0 aliphatic heterocycles. The molecule has 1 fully saturated rings. The van der Waals surface area contributed by atoms with Crippen molar-refractivity contribution in [2.75, 3.05) is 0 Å². The summed E-state index contributed by atoms with van der Waals surface area (Å²) in [6, 6.07) is 31.8. The van der Waals surface area contributed by atoms with Gasteiger partial charge >= 0.3 is 0 Å². The lowest BCUT2D eigenvalue weighted by molar-refractivity contribution is -0.143. The van der Waals surface area contributed by atoms with E-state index in [9.17, 15) is 15.0 Å². The van der Waals surface area contributed by atoms with Crippen molar-refractivity contribution in [3.8, 4) is 0 Å². The Kier molecular flexibility index (Phi) is 8.27. The monoisotopic (exact) mass is 637 g/mol. The second kappa shape index (κ2) is 12.6. The van der Waals surface area contributed by atoms with Gasteiger partial charge in [-0.25, -0.2) is 0 Å². The molecule has 0 saturated heterocycles. The fourth-order valence-corrected chi connectivity index (χ4v) is 7.76. The average Bonchev–Trinajstić information content (AvgIpc) is 3.43. The number of benzene rings is 3. The van der Waals surface area contributed by atoms with E-state index in [0.717, 1.165) is 46.8 Å². The molecule has 4 unspecified atom stereocenters. The third kappa shape index (κ3) is 5.43. The molecule has 6 aromatic rings. The number of rotatable bonds is 9. The molecule has 3 aromatic heterocycles. The highest BCUT2D eigenvalue weighted by Gasteiger charge is 2.58. The Bertz CT molecular complexity index is 2110. The zero-order chi connectivity index (χ0) is 33.5. The number of aryl methyl sites for hydroxylation is 1. The highest BCUT2D eigenvalue weighted by Crippen LogP contribution is 2.56. The van der Waals surface area contributed by atoms with Crippen LogP contribution in [0.3, 0.4) is 0 Å². The number of Topliss-reactive ketones (excluding diaryl/α,β-unsaturated/α-hetero) is 2. The van der Waals surface area contributed by atoms with Crippen molar-refractivity contribution in [3.05, 3.63) is 144 Å². The normalized spacial score (nSPS) is 22.6. The molecule has 7 nitrogen and oxygen atoms in total. The van der Waals surface area contributed by atoms with Gasteiger partial charge in [0.25, 0.3) is 0 Å². The van der Waals surface area contributed by atoms with Gasteiger partial charge in [-0.2, -0.15) is 0 Å². The molecule has 0 spiro atoms. The van der Waals surface area contributed by atoms with Crippen molar-refractivity contribution in [1.82, 2.24) is 14.5 Å². The van der Waals surface area contributed by atoms with E-state index < -0.39 is 23.0 Å². The van der Waals surface area contributed by atoms with Gasteiger partial charge in [-0.15, -0.1) is 0 Å². The van der Waals surface area contributed by atoms with Crippen LogP contribution in [0, 0.1) is 5.92 Å². The molecule has 0 bridgehead atoms. The number of ketones is 2. The van der Waals surface area contributed by atoms with E-state index in [1.165, 1.54) is 6.92 Å². The van der Waals surface area contributed by atoms with Crippen LogP contribution in [-0.4, -0.2) is 36.3 Å². The molecular formula is C41H39N3O4. The third-order valence-corrected chi connectivity index (χ3v) is 10.1. The van der Waals surface area contributed by atoms with Crippen LogP contribution in [0.2, 0.25) is 0 Å². The minimum absolute atomic E-state index is 0.0702. The second-order valence-electron chi connectivity index (χ2n) is 13.1. The number of pyridine rings is 2. The lowest BCUT2D eigenvalue weighted by Gasteiger charge is -2.50. The Balaban J connectivity index is 1.42. The number of nitrogens with zero attached hydrogens (tertiary/aromatic N) is 3. The third-order valence-electron chi connectivity index (χ3n) is 10.1. The largest absolute Gasteiger partial charge is 0.383 e. The molecular weight excluding hydrogens is 598 g/mol. The van der Waals surface area contributed by atoms with Gasteiger partial charge < -0.3 is 14.8 Å². The maximum atomic E-state index is 15.1. The van der Waals surface area contributed by atoms with E-state index in [1.807, 2.05) is 42.5 Å². The van der Waals surface area contributed by atoms with E-state index in [4.69, 9.17) is 0 Å². The van der Waals surface area contributed by atoms with E-state index in [-0.39, 0.29) is 24.4 Å². The summed E-state index contributed by atoms with van der Waals surface area (Å²) in [5.74, 6) is -1.96. The lowest BCUT2D eigenvalue weighted by Crippen LogP contribution is -2.54. The summed E-state index contributed by atoms with van der Waals surface area (Å²) >= 11 is 0. The number of carbonyl (C=O) groups excluding carboxylic acids is 2. The molecule has 1 aliphatic carbocycles. The van der Waals surface area contributed by atoms with Gasteiger partial charge in [0.2, 0.25) is 0 Å². The Labute approximate surface area is 279 Å². The van der Waals surface area contributed by atoms with Gasteiger partial charge in [0.1, 0.15) is 11.2 Å². The van der Waals surface area contributed by atoms with Crippen LogP contribution in [0.25, 0.3) is 21.8 Å². The minimum Gasteiger partial charge on any atom is -0.383 e. The summed E-state index contributed by atoms with van der Waals surface area (Å²) in [6.07, 6.45) is 5.28. The summed E-state index contributed by atoms with van der Waals surface area (Å²) < 4.78 is 2.32. The Hall–Kier alpha value is -4.98. The molecule has 7 rings (SSSR count). The summed E-state index contributed by atoms with van der Waals surface area (Å²) in [5, 5.41) is 27.4. The molecule has 48 heavy (non-hydrogen) atoms. The van der Waals surface area contributed by atoms with Crippen LogP contribution in [0.15, 0.2) is 116 Å². The fourth-order valence-electron chi connectivity index (χ4n) is 7.76. The van der Waals surface area contributed by atoms with Crippen LogP contribution >= 0.6 is 0 Å². The molecule has 0 amide bonds. The van der Waals surface area contributed by atoms with Crippen LogP contribution < -0.4 is 0 Å². The first-order valence-corrected chi connectivity index (χ1v) is 16.7. The van der Waals surface area contributed by atoms with E-state index in [1.54, 1.807) is 60.9 Å². The molecule has 3 aromatic carbocycles. The topological polar surface area (TPSA) is 105 Å². The van der Waals surface area contributed by atoms with Gasteiger partial charge in [0.05, 0.1) is 17.3 Å². The lowest BCUT2D eigenvalue weighted by atomic mass is 9.57. The number of hydrogen-bond acceptors (Lipinski definition) is 6. The van der Waals surface area contributed by atoms with Gasteiger partial charge in [0, 0.05) is 64.2 Å². The Morgan fingerprint density at radius 1 is 0.792 bits per heavy atom. The summed E-state index contributed by atoms with van der Waals surface area (Å²) in [6.45, 7) is 4.56. The number of aromatic nitrogens is 3. The number of unbranched alkanes of at least 4 members (excludes halogenated alkanes) is 1. The summed E-state index contributed by atoms with van der Waals surface area (Å²) in [7, 11) is 0. The fraction of sp³-hybridized carbons (Fsp3) is 0.268. The first kappa shape index (κ1) is 31.6. The molecule has 4 atom stereocenters. The van der Waals surface area contributed by atoms with Crippen LogP contribution in [0.1, 0.15) is 83.1 Å². The zero-order valence-corrected chi connectivity index (χ0v) is 27.2. The van der Waals surface area contributed by atoms with Crippen molar-refractivity contribution in [3.63, 3.8) is 0 Å². The highest BCUT2D eigenvalue weighted by molar-refractivity contribution is 6.11. The maximum Gasteiger partial charge on any atom is 0.169 e. The van der Waals surface area contributed by atoms with Crippen LogP contribution in [0.5, 0.6) is 0 Å². The predicted molar refractivity (Wildman–Crippen MR) is 187 cm³/mol. The summed E-state index contributed by atoms with van der Waals surface area (Å²) in [4.78, 5) is 36.3. The standard InChI is InChI=1S/C41H39N3O4/c1-3-4-23-44-34-12-6-5-11-31(34)32-24-30(19-20-35(32)44)39(46)38-33(29-17-15-28(16-18-29)27(2)45)25-40(47,36-13-7-9-21-42-36)26-41(38,48)37-14-8-10-22-43-37/h5-22,24,33,38,47-48H,3-4,23,25-26H2,1-2H3. The smallest absolute Gasteiger partial charge is 0.169 e. The second-order valence-corrected chi connectivity index (χ2v) is 13.1. The van der Waals surface area contributed by atoms with E-state index in [0.29, 0.717) is 22.5 Å². The van der Waals surface area contributed by atoms with Crippen molar-refractivity contribution < 1.29 is 19.8 Å². The first-order valence-electron chi connectivity index (χ1n) is 16.7. The van der Waals surface area contributed by atoms with Crippen molar-refractivity contribution in [2.45, 2.75) is 63.2 Å². The highest BCUT2D eigenvalue weighted by atomic mass is 16.3. The molecule has 7 heteroatoms. The molecule has 0 radical (unpaired) electrons. The van der Waals surface area contributed by atoms with Gasteiger partial charge in [0.15, 0.2) is 11.6 Å². The Morgan fingerprint density at radius 2 is 1.44 bits per heavy atom. The van der Waals surface area contributed by atoms with Crippen LogP contribution in [-0.2, 0) is 17.7 Å². The van der Waals surface area contributed by atoms with Gasteiger partial charge in [-0.05, 0) is 73.9 Å². The van der Waals surface area contributed by atoms with Gasteiger partial charge in [-0.3, -0.25) is 19.6 Å². The SMILES string of the molecule is CCCCn1c2ccccc2c2cc(C(=O)C3C(c4ccc(C(C)=O)cc4)CC(O)(c4ccccn4)CC3(O)c3ccccn3)ccc21. The van der Waals surface area contributed by atoms with Gasteiger partial charge in [-0.1, -0.05) is 67.9 Å². The summed E-state index contributed by atoms with van der Waals surface area (Å²) in [5.41, 5.74) is 1.22. The zero-order valence-electron chi connectivity index (χ0n) is 27.2. The van der Waals surface area contributed by atoms with Crippen LogP contribution in [0.4, 0.5) is 0 Å². The number of para-hydroxylation sites is 1. The maximum absolute atomic E-state index is 15.1. The van der Waals surface area contributed by atoms with Crippen molar-refractivity contribution >= 4 is 33.4 Å². The molecule has 2 N–H and O–H groups in total. The van der Waals surface area contributed by atoms with Crippen molar-refractivity contribution in [1.29, 1.82) is 0 Å².